The average molecular weight is 434 g/mol. The van der Waals surface area contributed by atoms with E-state index >= 15 is 0 Å². The zero-order chi connectivity index (χ0) is 22.1. The molecule has 0 N–H and O–H groups in total. The molecule has 0 heterocycles. The average Bonchev–Trinajstić information content (AvgIpc) is 2.84. The van der Waals surface area contributed by atoms with Gasteiger partial charge in [0.2, 0.25) is 0 Å². The largest absolute Gasteiger partial charge is 0.492 e. The fourth-order valence-electron chi connectivity index (χ4n) is 3.67. The number of rotatable bonds is 10. The van der Waals surface area contributed by atoms with Crippen molar-refractivity contribution in [2.24, 2.45) is 0 Å². The summed E-state index contributed by atoms with van der Waals surface area (Å²) in [5.74, 6) is 0.891. The van der Waals surface area contributed by atoms with Gasteiger partial charge >= 0.3 is 0 Å². The van der Waals surface area contributed by atoms with Crippen LogP contribution in [0.2, 0.25) is 0 Å². The maximum atomic E-state index is 6.69. The first-order valence-corrected chi connectivity index (χ1v) is 11.5. The Hall–Kier alpha value is -2.55. The van der Waals surface area contributed by atoms with E-state index < -0.39 is 0 Å². The Bertz CT molecular complexity index is 958. The van der Waals surface area contributed by atoms with Crippen LogP contribution in [-0.4, -0.2) is 31.1 Å². The van der Waals surface area contributed by atoms with Crippen LogP contribution in [0.5, 0.6) is 5.75 Å². The monoisotopic (exact) mass is 433 g/mol. The van der Waals surface area contributed by atoms with E-state index in [0.29, 0.717) is 6.61 Å². The van der Waals surface area contributed by atoms with E-state index in [0.717, 1.165) is 53.5 Å². The minimum atomic E-state index is 0.695. The molecule has 0 saturated carbocycles. The molecule has 31 heavy (non-hydrogen) atoms. The maximum absolute atomic E-state index is 6.69. The van der Waals surface area contributed by atoms with Gasteiger partial charge < -0.3 is 9.64 Å². The Morgan fingerprint density at radius 2 is 1.29 bits per heavy atom. The van der Waals surface area contributed by atoms with Crippen molar-refractivity contribution in [3.63, 3.8) is 0 Å². The lowest BCUT2D eigenvalue weighted by atomic mass is 9.94. The van der Waals surface area contributed by atoms with Crippen molar-refractivity contribution in [3.05, 3.63) is 95.0 Å². The quantitative estimate of drug-likeness (QED) is 0.328. The number of halogens is 1. The van der Waals surface area contributed by atoms with Gasteiger partial charge in [-0.1, -0.05) is 99.1 Å². The summed E-state index contributed by atoms with van der Waals surface area (Å²) in [5, 5.41) is 0.864. The molecule has 3 heteroatoms. The Morgan fingerprint density at radius 1 is 0.742 bits per heavy atom. The van der Waals surface area contributed by atoms with Crippen molar-refractivity contribution < 1.29 is 4.74 Å². The van der Waals surface area contributed by atoms with E-state index in [1.165, 1.54) is 11.1 Å². The SMILES string of the molecule is CC/C(Cl)=C(\c1ccc(OCCN(CC)CC)cc1)c1ccc(-c2ccccc2)cc1. The van der Waals surface area contributed by atoms with Crippen molar-refractivity contribution in [2.75, 3.05) is 26.2 Å². The summed E-state index contributed by atoms with van der Waals surface area (Å²) in [5.41, 5.74) is 5.73. The summed E-state index contributed by atoms with van der Waals surface area (Å²) in [6, 6.07) is 27.3. The Labute approximate surface area is 192 Å². The van der Waals surface area contributed by atoms with Crippen LogP contribution in [0.1, 0.15) is 38.3 Å². The highest BCUT2D eigenvalue weighted by atomic mass is 35.5. The maximum Gasteiger partial charge on any atom is 0.119 e. The molecular formula is C28H32ClNO. The van der Waals surface area contributed by atoms with E-state index in [1.54, 1.807) is 0 Å². The van der Waals surface area contributed by atoms with Crippen molar-refractivity contribution in [1.82, 2.24) is 4.90 Å². The minimum absolute atomic E-state index is 0.695. The van der Waals surface area contributed by atoms with Crippen LogP contribution in [-0.2, 0) is 0 Å². The third-order valence-corrected chi connectivity index (χ3v) is 6.03. The molecule has 0 unspecified atom stereocenters. The minimum Gasteiger partial charge on any atom is -0.492 e. The third kappa shape index (κ3) is 6.22. The Kier molecular flexibility index (Phi) is 8.75. The van der Waals surface area contributed by atoms with Crippen LogP contribution in [0.25, 0.3) is 16.7 Å². The number of benzene rings is 3. The van der Waals surface area contributed by atoms with Crippen LogP contribution in [0.3, 0.4) is 0 Å². The zero-order valence-corrected chi connectivity index (χ0v) is 19.5. The first kappa shape index (κ1) is 23.1. The smallest absolute Gasteiger partial charge is 0.119 e. The Morgan fingerprint density at radius 3 is 1.84 bits per heavy atom. The highest BCUT2D eigenvalue weighted by Gasteiger charge is 2.11. The number of allylic oxidation sites excluding steroid dienone is 1. The van der Waals surface area contributed by atoms with Gasteiger partial charge in [-0.25, -0.2) is 0 Å². The molecule has 0 aliphatic rings. The first-order valence-electron chi connectivity index (χ1n) is 11.2. The van der Waals surface area contributed by atoms with Gasteiger partial charge in [-0.2, -0.15) is 0 Å². The number of nitrogens with zero attached hydrogens (tertiary/aromatic N) is 1. The zero-order valence-electron chi connectivity index (χ0n) is 18.8. The highest BCUT2D eigenvalue weighted by Crippen LogP contribution is 2.33. The fourth-order valence-corrected chi connectivity index (χ4v) is 3.89. The van der Waals surface area contributed by atoms with E-state index in [9.17, 15) is 0 Å². The normalized spacial score (nSPS) is 12.0. The lowest BCUT2D eigenvalue weighted by molar-refractivity contribution is 0.223. The van der Waals surface area contributed by atoms with Gasteiger partial charge in [0, 0.05) is 17.2 Å². The van der Waals surface area contributed by atoms with Gasteiger partial charge in [0.05, 0.1) is 0 Å². The summed E-state index contributed by atoms with van der Waals surface area (Å²) < 4.78 is 5.94. The second kappa shape index (κ2) is 11.7. The summed E-state index contributed by atoms with van der Waals surface area (Å²) in [4.78, 5) is 2.36. The molecule has 3 aromatic rings. The van der Waals surface area contributed by atoms with Crippen molar-refractivity contribution in [1.29, 1.82) is 0 Å². The summed E-state index contributed by atoms with van der Waals surface area (Å²) in [6.45, 7) is 10.2. The van der Waals surface area contributed by atoms with Gasteiger partial charge in [-0.05, 0) is 53.9 Å². The van der Waals surface area contributed by atoms with E-state index in [2.05, 4.69) is 86.3 Å². The molecule has 3 rings (SSSR count). The van der Waals surface area contributed by atoms with Crippen molar-refractivity contribution in [3.8, 4) is 16.9 Å². The topological polar surface area (TPSA) is 12.5 Å². The predicted octanol–water partition coefficient (Wildman–Crippen LogP) is 7.48. The van der Waals surface area contributed by atoms with E-state index in [4.69, 9.17) is 16.3 Å². The van der Waals surface area contributed by atoms with Gasteiger partial charge in [0.1, 0.15) is 12.4 Å². The molecule has 0 spiro atoms. The summed E-state index contributed by atoms with van der Waals surface area (Å²) in [7, 11) is 0. The highest BCUT2D eigenvalue weighted by molar-refractivity contribution is 6.33. The number of hydrogen-bond donors (Lipinski definition) is 0. The second-order valence-corrected chi connectivity index (χ2v) is 7.93. The van der Waals surface area contributed by atoms with Crippen molar-refractivity contribution >= 4 is 17.2 Å². The standard InChI is InChI=1S/C28H32ClNO/c1-4-27(29)28(24-14-12-23(13-15-24)22-10-8-7-9-11-22)25-16-18-26(19-17-25)31-21-20-30(5-2)6-3/h7-19H,4-6,20-21H2,1-3H3/b28-27+. The van der Waals surface area contributed by atoms with Crippen LogP contribution in [0.4, 0.5) is 0 Å². The van der Waals surface area contributed by atoms with Crippen molar-refractivity contribution in [2.45, 2.75) is 27.2 Å². The predicted molar refractivity (Wildman–Crippen MR) is 134 cm³/mol. The van der Waals surface area contributed by atoms with Gasteiger partial charge in [0.25, 0.3) is 0 Å². The first-order chi connectivity index (χ1) is 15.2. The molecule has 162 valence electrons. The molecule has 0 amide bonds. The molecule has 0 radical (unpaired) electrons. The summed E-state index contributed by atoms with van der Waals surface area (Å²) in [6.07, 6.45) is 0.791. The molecule has 0 aliphatic carbocycles. The molecule has 0 aromatic heterocycles. The lowest BCUT2D eigenvalue weighted by Crippen LogP contribution is -2.27. The van der Waals surface area contributed by atoms with Crippen LogP contribution in [0, 0.1) is 0 Å². The Balaban J connectivity index is 1.77. The van der Waals surface area contributed by atoms with Gasteiger partial charge in [-0.3, -0.25) is 0 Å². The molecule has 0 bridgehead atoms. The van der Waals surface area contributed by atoms with Gasteiger partial charge in [0.15, 0.2) is 0 Å². The lowest BCUT2D eigenvalue weighted by Gasteiger charge is -2.18. The third-order valence-electron chi connectivity index (χ3n) is 5.58. The van der Waals surface area contributed by atoms with E-state index in [1.807, 2.05) is 18.2 Å². The van der Waals surface area contributed by atoms with Crippen LogP contribution >= 0.6 is 11.6 Å². The molecule has 3 aromatic carbocycles. The fraction of sp³-hybridized carbons (Fsp3) is 0.286. The number of likely N-dealkylation sites (N-methyl/N-ethyl adjacent to an activating group) is 1. The molecule has 0 atom stereocenters. The second-order valence-electron chi connectivity index (χ2n) is 7.48. The molecule has 2 nitrogen and oxygen atoms in total. The summed E-state index contributed by atoms with van der Waals surface area (Å²) >= 11 is 6.69. The van der Waals surface area contributed by atoms with E-state index in [-0.39, 0.29) is 0 Å². The van der Waals surface area contributed by atoms with Gasteiger partial charge in [-0.15, -0.1) is 0 Å². The molecule has 0 fully saturated rings. The number of ether oxygens (including phenoxy) is 1. The number of hydrogen-bond acceptors (Lipinski definition) is 2. The van der Waals surface area contributed by atoms with Crippen LogP contribution < -0.4 is 4.74 Å². The molecule has 0 aliphatic heterocycles. The molecular weight excluding hydrogens is 402 g/mol. The van der Waals surface area contributed by atoms with Crippen LogP contribution in [0.15, 0.2) is 83.9 Å². The molecule has 0 saturated heterocycles.